The summed E-state index contributed by atoms with van der Waals surface area (Å²) < 4.78 is 31.5. The lowest BCUT2D eigenvalue weighted by molar-refractivity contribution is 0.387. The molecule has 0 unspecified atom stereocenters. The Bertz CT molecular complexity index is 672. The van der Waals surface area contributed by atoms with Crippen molar-refractivity contribution in [1.29, 1.82) is 0 Å². The van der Waals surface area contributed by atoms with Crippen LogP contribution in [0.3, 0.4) is 0 Å². The molecule has 0 aliphatic rings. The van der Waals surface area contributed by atoms with Crippen LogP contribution in [0.5, 0.6) is 0 Å². The van der Waals surface area contributed by atoms with E-state index in [1.54, 1.807) is 6.92 Å². The quantitative estimate of drug-likeness (QED) is 0.628. The monoisotopic (exact) mass is 323 g/mol. The van der Waals surface area contributed by atoms with Crippen LogP contribution in [0.4, 0.5) is 8.78 Å². The summed E-state index contributed by atoms with van der Waals surface area (Å²) in [5.74, 6) is 0.643. The summed E-state index contributed by atoms with van der Waals surface area (Å²) in [7, 11) is 0. The maximum atomic E-state index is 13.5. The first kappa shape index (κ1) is 16.9. The van der Waals surface area contributed by atoms with Crippen LogP contribution in [-0.2, 0) is 13.0 Å². The third-order valence-corrected chi connectivity index (χ3v) is 2.99. The zero-order valence-electron chi connectivity index (χ0n) is 13.1. The van der Waals surface area contributed by atoms with Gasteiger partial charge in [0.2, 0.25) is 5.89 Å². The number of hydrogen-bond donors (Lipinski definition) is 2. The average molecular weight is 323 g/mol. The largest absolute Gasteiger partial charge is 0.357 e. The van der Waals surface area contributed by atoms with Crippen LogP contribution < -0.4 is 10.6 Å². The van der Waals surface area contributed by atoms with Crippen molar-refractivity contribution in [3.05, 3.63) is 47.1 Å². The number of aliphatic imine (C=N–C) groups is 1. The van der Waals surface area contributed by atoms with Gasteiger partial charge < -0.3 is 15.2 Å². The van der Waals surface area contributed by atoms with E-state index in [1.165, 1.54) is 6.07 Å². The summed E-state index contributed by atoms with van der Waals surface area (Å²) in [6.07, 6.45) is 0.343. The second-order valence-corrected chi connectivity index (χ2v) is 4.84. The molecule has 0 radical (unpaired) electrons. The minimum absolute atomic E-state index is 0.265. The van der Waals surface area contributed by atoms with E-state index < -0.39 is 11.6 Å². The Kier molecular flexibility index (Phi) is 6.02. The normalized spacial score (nSPS) is 11.6. The van der Waals surface area contributed by atoms with E-state index in [1.807, 2.05) is 6.92 Å². The molecule has 1 aromatic heterocycles. The fourth-order valence-electron chi connectivity index (χ4n) is 1.95. The Labute approximate surface area is 133 Å². The van der Waals surface area contributed by atoms with E-state index in [-0.39, 0.29) is 6.54 Å². The molecule has 0 bridgehead atoms. The number of nitrogens with zero attached hydrogens (tertiary/aromatic N) is 3. The Morgan fingerprint density at radius 2 is 2.13 bits per heavy atom. The summed E-state index contributed by atoms with van der Waals surface area (Å²) >= 11 is 0. The van der Waals surface area contributed by atoms with Gasteiger partial charge in [-0.3, -0.25) is 0 Å². The average Bonchev–Trinajstić information content (AvgIpc) is 2.94. The lowest BCUT2D eigenvalue weighted by Gasteiger charge is -2.11. The predicted octanol–water partition coefficient (Wildman–Crippen LogP) is 1.95. The summed E-state index contributed by atoms with van der Waals surface area (Å²) in [4.78, 5) is 8.37. The van der Waals surface area contributed by atoms with E-state index in [2.05, 4.69) is 25.8 Å². The molecule has 0 amide bonds. The van der Waals surface area contributed by atoms with Gasteiger partial charge in [-0.2, -0.15) is 4.98 Å². The standard InChI is InChI=1S/C15H19F2N5O/c1-3-18-15(20-9-14-21-10(2)23-22-14)19-7-6-11-8-12(16)4-5-13(11)17/h4-5,8H,3,6-7,9H2,1-2H3,(H2,18,19,20). The number of aromatic nitrogens is 2. The molecule has 1 aromatic carbocycles. The molecule has 2 aromatic rings. The van der Waals surface area contributed by atoms with Gasteiger partial charge in [-0.15, -0.1) is 0 Å². The van der Waals surface area contributed by atoms with Crippen molar-refractivity contribution >= 4 is 5.96 Å². The summed E-state index contributed by atoms with van der Waals surface area (Å²) in [6, 6.07) is 3.43. The zero-order valence-corrected chi connectivity index (χ0v) is 13.1. The first-order chi connectivity index (χ1) is 11.1. The van der Waals surface area contributed by atoms with E-state index in [9.17, 15) is 8.78 Å². The SMILES string of the molecule is CCNC(=NCc1noc(C)n1)NCCc1cc(F)ccc1F. The fourth-order valence-corrected chi connectivity index (χ4v) is 1.95. The Morgan fingerprint density at radius 3 is 2.83 bits per heavy atom. The summed E-state index contributed by atoms with van der Waals surface area (Å²) in [5.41, 5.74) is 0.321. The second kappa shape index (κ2) is 8.21. The molecular weight excluding hydrogens is 304 g/mol. The van der Waals surface area contributed by atoms with Crippen LogP contribution in [0.25, 0.3) is 0 Å². The fraction of sp³-hybridized carbons (Fsp3) is 0.400. The van der Waals surface area contributed by atoms with Crippen LogP contribution in [0.15, 0.2) is 27.7 Å². The first-order valence-electron chi connectivity index (χ1n) is 7.33. The van der Waals surface area contributed by atoms with Crippen molar-refractivity contribution in [2.45, 2.75) is 26.8 Å². The van der Waals surface area contributed by atoms with Gasteiger partial charge in [-0.05, 0) is 37.1 Å². The smallest absolute Gasteiger partial charge is 0.223 e. The van der Waals surface area contributed by atoms with Crippen LogP contribution in [0.1, 0.15) is 24.2 Å². The molecule has 0 aliphatic heterocycles. The molecule has 0 spiro atoms. The van der Waals surface area contributed by atoms with Crippen molar-refractivity contribution in [2.75, 3.05) is 13.1 Å². The van der Waals surface area contributed by atoms with Gasteiger partial charge >= 0.3 is 0 Å². The molecule has 0 fully saturated rings. The minimum Gasteiger partial charge on any atom is -0.357 e. The third kappa shape index (κ3) is 5.32. The maximum Gasteiger partial charge on any atom is 0.223 e. The number of benzene rings is 1. The highest BCUT2D eigenvalue weighted by atomic mass is 19.1. The minimum atomic E-state index is -0.450. The van der Waals surface area contributed by atoms with Crippen LogP contribution in [0.2, 0.25) is 0 Å². The molecule has 23 heavy (non-hydrogen) atoms. The molecule has 124 valence electrons. The summed E-state index contributed by atoms with van der Waals surface area (Å²) in [6.45, 7) is 4.99. The predicted molar refractivity (Wildman–Crippen MR) is 81.9 cm³/mol. The lowest BCUT2D eigenvalue weighted by atomic mass is 10.1. The number of rotatable bonds is 6. The highest BCUT2D eigenvalue weighted by Crippen LogP contribution is 2.09. The lowest BCUT2D eigenvalue weighted by Crippen LogP contribution is -2.38. The van der Waals surface area contributed by atoms with E-state index in [4.69, 9.17) is 4.52 Å². The van der Waals surface area contributed by atoms with E-state index >= 15 is 0 Å². The van der Waals surface area contributed by atoms with Crippen LogP contribution >= 0.6 is 0 Å². The summed E-state index contributed by atoms with van der Waals surface area (Å²) in [5, 5.41) is 9.87. The van der Waals surface area contributed by atoms with Gasteiger partial charge in [0.05, 0.1) is 0 Å². The molecule has 0 atom stereocenters. The van der Waals surface area contributed by atoms with Gasteiger partial charge in [0.1, 0.15) is 18.2 Å². The number of halogens is 2. The Hall–Kier alpha value is -2.51. The van der Waals surface area contributed by atoms with Crippen molar-refractivity contribution in [2.24, 2.45) is 4.99 Å². The van der Waals surface area contributed by atoms with Gasteiger partial charge in [-0.1, -0.05) is 5.16 Å². The molecule has 1 heterocycles. The van der Waals surface area contributed by atoms with E-state index in [0.717, 1.165) is 12.1 Å². The highest BCUT2D eigenvalue weighted by molar-refractivity contribution is 5.79. The van der Waals surface area contributed by atoms with Crippen molar-refractivity contribution in [3.8, 4) is 0 Å². The van der Waals surface area contributed by atoms with Crippen molar-refractivity contribution < 1.29 is 13.3 Å². The number of aryl methyl sites for hydroxylation is 1. The zero-order chi connectivity index (χ0) is 16.7. The van der Waals surface area contributed by atoms with Crippen LogP contribution in [-0.4, -0.2) is 29.2 Å². The van der Waals surface area contributed by atoms with Crippen molar-refractivity contribution in [3.63, 3.8) is 0 Å². The molecular formula is C15H19F2N5O. The molecule has 0 aliphatic carbocycles. The first-order valence-corrected chi connectivity index (χ1v) is 7.33. The van der Waals surface area contributed by atoms with E-state index in [0.29, 0.717) is 42.7 Å². The molecule has 6 nitrogen and oxygen atoms in total. The third-order valence-electron chi connectivity index (χ3n) is 2.99. The van der Waals surface area contributed by atoms with Crippen molar-refractivity contribution in [1.82, 2.24) is 20.8 Å². The maximum absolute atomic E-state index is 13.5. The Balaban J connectivity index is 1.90. The highest BCUT2D eigenvalue weighted by Gasteiger charge is 2.05. The van der Waals surface area contributed by atoms with Gasteiger partial charge in [0.15, 0.2) is 11.8 Å². The molecule has 2 rings (SSSR count). The molecule has 0 saturated carbocycles. The van der Waals surface area contributed by atoms with Gasteiger partial charge in [0.25, 0.3) is 0 Å². The topological polar surface area (TPSA) is 75.3 Å². The van der Waals surface area contributed by atoms with Gasteiger partial charge in [-0.25, -0.2) is 13.8 Å². The molecule has 0 saturated heterocycles. The molecule has 8 heteroatoms. The number of guanidine groups is 1. The number of nitrogens with one attached hydrogen (secondary N) is 2. The van der Waals surface area contributed by atoms with Gasteiger partial charge in [0, 0.05) is 20.0 Å². The number of hydrogen-bond acceptors (Lipinski definition) is 4. The Morgan fingerprint density at radius 1 is 1.30 bits per heavy atom. The van der Waals surface area contributed by atoms with Crippen LogP contribution in [0, 0.1) is 18.6 Å². The molecule has 2 N–H and O–H groups in total. The second-order valence-electron chi connectivity index (χ2n) is 4.84.